The van der Waals surface area contributed by atoms with Crippen molar-refractivity contribution in [3.63, 3.8) is 0 Å². The van der Waals surface area contributed by atoms with Gasteiger partial charge in [-0.2, -0.15) is 0 Å². The average Bonchev–Trinajstić information content (AvgIpc) is 3.15. The zero-order valence-electron chi connectivity index (χ0n) is 16.9. The van der Waals surface area contributed by atoms with E-state index in [0.717, 1.165) is 54.0 Å². The number of carbonyl (C=O) groups excluding carboxylic acids is 1. The summed E-state index contributed by atoms with van der Waals surface area (Å²) in [5, 5.41) is 3.07. The summed E-state index contributed by atoms with van der Waals surface area (Å²) in [7, 11) is 1.66. The molecule has 1 unspecified atom stereocenters. The topological polar surface area (TPSA) is 55.6 Å². The molecule has 148 valence electrons. The molecule has 28 heavy (non-hydrogen) atoms. The molecule has 0 bridgehead atoms. The van der Waals surface area contributed by atoms with Crippen molar-refractivity contribution < 1.29 is 9.53 Å². The number of aryl methyl sites for hydroxylation is 1. The van der Waals surface area contributed by atoms with E-state index in [0.29, 0.717) is 6.42 Å². The molecule has 0 aliphatic carbocycles. The molecule has 5 heteroatoms. The lowest BCUT2D eigenvalue weighted by Crippen LogP contribution is -2.26. The third-order valence-corrected chi connectivity index (χ3v) is 5.10. The number of amides is 1. The van der Waals surface area contributed by atoms with Gasteiger partial charge in [0, 0.05) is 31.3 Å². The molecular formula is C23H29N3O2. The molecule has 0 spiro atoms. The highest BCUT2D eigenvalue weighted by molar-refractivity contribution is 5.77. The molecule has 5 nitrogen and oxygen atoms in total. The average molecular weight is 380 g/mol. The summed E-state index contributed by atoms with van der Waals surface area (Å²) in [4.78, 5) is 17.3. The number of hydrogen-bond acceptors (Lipinski definition) is 3. The molecule has 0 saturated heterocycles. The first-order valence-corrected chi connectivity index (χ1v) is 9.97. The normalized spacial score (nSPS) is 12.1. The van der Waals surface area contributed by atoms with Crippen molar-refractivity contribution in [2.45, 2.75) is 45.4 Å². The Labute approximate surface area is 166 Å². The van der Waals surface area contributed by atoms with Gasteiger partial charge < -0.3 is 14.5 Å². The highest BCUT2D eigenvalue weighted by atomic mass is 16.5. The van der Waals surface area contributed by atoms with Gasteiger partial charge >= 0.3 is 0 Å². The van der Waals surface area contributed by atoms with Gasteiger partial charge in [-0.15, -0.1) is 0 Å². The Morgan fingerprint density at radius 1 is 1.25 bits per heavy atom. The second-order valence-corrected chi connectivity index (χ2v) is 7.16. The van der Waals surface area contributed by atoms with Crippen LogP contribution in [0.2, 0.25) is 0 Å². The van der Waals surface area contributed by atoms with E-state index in [1.54, 1.807) is 7.11 Å². The first-order chi connectivity index (χ1) is 13.6. The molecule has 0 radical (unpaired) electrons. The predicted molar refractivity (Wildman–Crippen MR) is 112 cm³/mol. The minimum absolute atomic E-state index is 0.0616. The van der Waals surface area contributed by atoms with Gasteiger partial charge in [-0.05, 0) is 42.7 Å². The van der Waals surface area contributed by atoms with Gasteiger partial charge in [-0.3, -0.25) is 4.79 Å². The molecule has 1 amide bonds. The van der Waals surface area contributed by atoms with E-state index < -0.39 is 0 Å². The number of rotatable bonds is 9. The maximum absolute atomic E-state index is 12.7. The minimum atomic E-state index is -0.0990. The Morgan fingerprint density at radius 3 is 2.89 bits per heavy atom. The molecule has 0 aliphatic rings. The summed E-state index contributed by atoms with van der Waals surface area (Å²) in [6.07, 6.45) is 7.56. The largest absolute Gasteiger partial charge is 0.497 e. The van der Waals surface area contributed by atoms with Gasteiger partial charge in [0.25, 0.3) is 0 Å². The Morgan fingerprint density at radius 2 is 2.11 bits per heavy atom. The van der Waals surface area contributed by atoms with Crippen LogP contribution in [0.4, 0.5) is 0 Å². The van der Waals surface area contributed by atoms with E-state index in [9.17, 15) is 4.79 Å². The van der Waals surface area contributed by atoms with Crippen LogP contribution in [0, 0.1) is 6.92 Å². The number of pyridine rings is 1. The van der Waals surface area contributed by atoms with Crippen LogP contribution in [-0.2, 0) is 4.79 Å². The predicted octanol–water partition coefficient (Wildman–Crippen LogP) is 4.48. The molecule has 0 aliphatic heterocycles. The molecule has 0 saturated carbocycles. The van der Waals surface area contributed by atoms with E-state index in [1.807, 2.05) is 55.7 Å². The van der Waals surface area contributed by atoms with Gasteiger partial charge in [0.1, 0.15) is 11.4 Å². The van der Waals surface area contributed by atoms with Crippen LogP contribution in [0.25, 0.3) is 5.65 Å². The van der Waals surface area contributed by atoms with Crippen molar-refractivity contribution in [2.75, 3.05) is 13.7 Å². The van der Waals surface area contributed by atoms with Crippen LogP contribution < -0.4 is 10.1 Å². The van der Waals surface area contributed by atoms with Gasteiger partial charge in [-0.1, -0.05) is 38.0 Å². The number of ether oxygens (including phenoxy) is 1. The van der Waals surface area contributed by atoms with Crippen molar-refractivity contribution in [1.82, 2.24) is 14.7 Å². The number of aromatic nitrogens is 2. The number of hydrogen-bond donors (Lipinski definition) is 1. The molecule has 1 N–H and O–H groups in total. The third-order valence-electron chi connectivity index (χ3n) is 5.10. The Hall–Kier alpha value is -2.82. The molecule has 3 rings (SSSR count). The van der Waals surface area contributed by atoms with E-state index in [2.05, 4.69) is 21.6 Å². The van der Waals surface area contributed by atoms with Crippen molar-refractivity contribution in [1.29, 1.82) is 0 Å². The number of fused-ring (bicyclic) bond motifs is 1. The summed E-state index contributed by atoms with van der Waals surface area (Å²) in [6.45, 7) is 4.93. The van der Waals surface area contributed by atoms with E-state index in [-0.39, 0.29) is 11.8 Å². The van der Waals surface area contributed by atoms with Crippen molar-refractivity contribution in [2.24, 2.45) is 0 Å². The van der Waals surface area contributed by atoms with Gasteiger partial charge in [0.05, 0.1) is 12.8 Å². The van der Waals surface area contributed by atoms with Gasteiger partial charge in [0.15, 0.2) is 0 Å². The monoisotopic (exact) mass is 379 g/mol. The molecule has 2 heterocycles. The highest BCUT2D eigenvalue weighted by Gasteiger charge is 2.22. The maximum atomic E-state index is 12.7. The lowest BCUT2D eigenvalue weighted by molar-refractivity contribution is -0.121. The molecule has 2 aromatic heterocycles. The molecular weight excluding hydrogens is 350 g/mol. The van der Waals surface area contributed by atoms with Crippen molar-refractivity contribution in [3.8, 4) is 5.75 Å². The van der Waals surface area contributed by atoms with Crippen LogP contribution in [0.1, 0.15) is 55.3 Å². The fourth-order valence-corrected chi connectivity index (χ4v) is 3.54. The second-order valence-electron chi connectivity index (χ2n) is 7.16. The fourth-order valence-electron chi connectivity index (χ4n) is 3.54. The molecule has 1 atom stereocenters. The number of nitrogens with zero attached hydrogens (tertiary/aromatic N) is 2. The van der Waals surface area contributed by atoms with Crippen LogP contribution in [0.3, 0.4) is 0 Å². The number of methoxy groups -OCH3 is 1. The molecule has 1 aromatic carbocycles. The summed E-state index contributed by atoms with van der Waals surface area (Å²) in [6, 6.07) is 12.0. The zero-order valence-corrected chi connectivity index (χ0v) is 16.9. The first-order valence-electron chi connectivity index (χ1n) is 9.97. The van der Waals surface area contributed by atoms with E-state index in [4.69, 9.17) is 4.74 Å². The number of nitrogens with one attached hydrogen (secondary N) is 1. The number of benzene rings is 1. The highest BCUT2D eigenvalue weighted by Crippen LogP contribution is 2.31. The lowest BCUT2D eigenvalue weighted by Gasteiger charge is -2.18. The van der Waals surface area contributed by atoms with Crippen LogP contribution in [0.15, 0.2) is 48.8 Å². The standard InChI is InChI=1S/C23H29N3O2/c1-4-5-6-12-24-22(27)15-20(18-10-7-11-19(14-18)28-3)21-16-25-23-17(2)9-8-13-26(21)23/h7-11,13-14,16,20H,4-6,12,15H2,1-3H3,(H,24,27). The summed E-state index contributed by atoms with van der Waals surface area (Å²) in [5.74, 6) is 0.750. The lowest BCUT2D eigenvalue weighted by atomic mass is 9.92. The number of carbonyl (C=O) groups is 1. The fraction of sp³-hybridized carbons (Fsp3) is 0.391. The molecule has 0 fully saturated rings. The maximum Gasteiger partial charge on any atom is 0.221 e. The Bertz CT molecular complexity index is 932. The Kier molecular flexibility index (Phi) is 6.69. The molecule has 3 aromatic rings. The van der Waals surface area contributed by atoms with E-state index in [1.165, 1.54) is 0 Å². The van der Waals surface area contributed by atoms with E-state index >= 15 is 0 Å². The summed E-state index contributed by atoms with van der Waals surface area (Å²) in [5.41, 5.74) is 4.10. The van der Waals surface area contributed by atoms with Crippen LogP contribution >= 0.6 is 0 Å². The third kappa shape index (κ3) is 4.53. The quantitative estimate of drug-likeness (QED) is 0.558. The minimum Gasteiger partial charge on any atom is -0.497 e. The second kappa shape index (κ2) is 9.40. The number of unbranched alkanes of at least 4 members (excludes halogenated alkanes) is 2. The van der Waals surface area contributed by atoms with Crippen molar-refractivity contribution in [3.05, 3.63) is 65.6 Å². The van der Waals surface area contributed by atoms with Crippen molar-refractivity contribution >= 4 is 11.6 Å². The first kappa shape index (κ1) is 19.9. The SMILES string of the molecule is CCCCCNC(=O)CC(c1cccc(OC)c1)c1cnc2c(C)cccn12. The zero-order chi connectivity index (χ0) is 19.9. The summed E-state index contributed by atoms with van der Waals surface area (Å²) < 4.78 is 7.49. The summed E-state index contributed by atoms with van der Waals surface area (Å²) >= 11 is 0. The van der Waals surface area contributed by atoms with Gasteiger partial charge in [0.2, 0.25) is 5.91 Å². The van der Waals surface area contributed by atoms with Gasteiger partial charge in [-0.25, -0.2) is 4.98 Å². The number of imidazole rings is 1. The van der Waals surface area contributed by atoms with Crippen LogP contribution in [-0.4, -0.2) is 28.9 Å². The Balaban J connectivity index is 1.92. The smallest absolute Gasteiger partial charge is 0.221 e. The van der Waals surface area contributed by atoms with Crippen LogP contribution in [0.5, 0.6) is 5.75 Å².